The lowest BCUT2D eigenvalue weighted by atomic mass is 10.1. The molecule has 0 spiro atoms. The summed E-state index contributed by atoms with van der Waals surface area (Å²) in [7, 11) is 3.31. The van der Waals surface area contributed by atoms with Crippen LogP contribution in [-0.2, 0) is 30.7 Å². The van der Waals surface area contributed by atoms with Gasteiger partial charge in [0.1, 0.15) is 17.6 Å². The van der Waals surface area contributed by atoms with Crippen LogP contribution in [0.5, 0.6) is 11.5 Å². The first-order valence-electron chi connectivity index (χ1n) is 10.4. The van der Waals surface area contributed by atoms with Gasteiger partial charge >= 0.3 is 0 Å². The van der Waals surface area contributed by atoms with Crippen molar-refractivity contribution >= 4 is 0 Å². The van der Waals surface area contributed by atoms with Crippen LogP contribution in [0.15, 0.2) is 53.1 Å². The maximum atomic E-state index is 6.08. The molecule has 32 heavy (non-hydrogen) atoms. The molecule has 0 saturated heterocycles. The molecule has 9 heteroatoms. The van der Waals surface area contributed by atoms with Gasteiger partial charge in [-0.3, -0.25) is 0 Å². The molecule has 0 fully saturated rings. The first-order chi connectivity index (χ1) is 15.7. The van der Waals surface area contributed by atoms with Gasteiger partial charge in [-0.05, 0) is 41.8 Å². The second kappa shape index (κ2) is 8.80. The van der Waals surface area contributed by atoms with Crippen LogP contribution in [0.4, 0.5) is 0 Å². The van der Waals surface area contributed by atoms with Crippen LogP contribution >= 0.6 is 0 Å². The predicted molar refractivity (Wildman–Crippen MR) is 114 cm³/mol. The van der Waals surface area contributed by atoms with Crippen LogP contribution in [0, 0.1) is 0 Å². The third-order valence-electron chi connectivity index (χ3n) is 5.55. The van der Waals surface area contributed by atoms with Crippen molar-refractivity contribution in [1.29, 1.82) is 0 Å². The van der Waals surface area contributed by atoms with Gasteiger partial charge in [0.25, 0.3) is 0 Å². The van der Waals surface area contributed by atoms with E-state index < -0.39 is 0 Å². The quantitative estimate of drug-likeness (QED) is 0.437. The van der Waals surface area contributed by atoms with E-state index in [2.05, 4.69) is 20.5 Å². The van der Waals surface area contributed by atoms with E-state index in [1.54, 1.807) is 14.2 Å². The molecule has 1 atom stereocenters. The Labute approximate surface area is 184 Å². The molecule has 1 unspecified atom stereocenters. The Kier molecular flexibility index (Phi) is 5.55. The molecule has 0 N–H and O–H groups in total. The van der Waals surface area contributed by atoms with Crippen LogP contribution < -0.4 is 9.47 Å². The van der Waals surface area contributed by atoms with Crippen LogP contribution in [-0.4, -0.2) is 39.4 Å². The first-order valence-corrected chi connectivity index (χ1v) is 10.4. The fourth-order valence-electron chi connectivity index (χ4n) is 3.70. The van der Waals surface area contributed by atoms with Crippen molar-refractivity contribution in [2.45, 2.75) is 32.1 Å². The average Bonchev–Trinajstić information content (AvgIpc) is 3.49. The third-order valence-corrected chi connectivity index (χ3v) is 5.55. The number of fused-ring (bicyclic) bond motifs is 1. The molecule has 9 nitrogen and oxygen atoms in total. The summed E-state index contributed by atoms with van der Waals surface area (Å²) in [6.07, 6.45) is 1.32. The number of benzene rings is 2. The number of aryl methyl sites for hydroxylation is 2. The highest BCUT2D eigenvalue weighted by Gasteiger charge is 2.27. The Morgan fingerprint density at radius 3 is 2.41 bits per heavy atom. The molecule has 0 saturated carbocycles. The van der Waals surface area contributed by atoms with E-state index in [4.69, 9.17) is 18.7 Å². The standard InChI is InChI=1S/C23H23N5O4/c1-29-17-8-3-15(4-9-17)5-12-21-24-23(26-32-21)22-19-14-31-20(13-28(19)27-25-22)16-6-10-18(30-2)11-7-16/h3-4,6-11,20H,5,12-14H2,1-2H3. The molecule has 1 aliphatic rings. The van der Waals surface area contributed by atoms with Gasteiger partial charge < -0.3 is 18.7 Å². The van der Waals surface area contributed by atoms with Crippen molar-refractivity contribution < 1.29 is 18.7 Å². The number of ether oxygens (including phenoxy) is 3. The number of hydrogen-bond donors (Lipinski definition) is 0. The number of hydrogen-bond acceptors (Lipinski definition) is 8. The fourth-order valence-corrected chi connectivity index (χ4v) is 3.70. The smallest absolute Gasteiger partial charge is 0.227 e. The summed E-state index contributed by atoms with van der Waals surface area (Å²) in [6, 6.07) is 15.8. The van der Waals surface area contributed by atoms with E-state index in [9.17, 15) is 0 Å². The second-order valence-corrected chi connectivity index (χ2v) is 7.50. The zero-order chi connectivity index (χ0) is 21.9. The minimum absolute atomic E-state index is 0.103. The molecule has 4 aromatic rings. The van der Waals surface area contributed by atoms with E-state index in [1.165, 1.54) is 5.56 Å². The van der Waals surface area contributed by atoms with Crippen LogP contribution in [0.1, 0.15) is 28.8 Å². The van der Waals surface area contributed by atoms with Gasteiger partial charge in [0.2, 0.25) is 11.7 Å². The van der Waals surface area contributed by atoms with Crippen molar-refractivity contribution in [1.82, 2.24) is 25.1 Å². The first kappa shape index (κ1) is 20.2. The number of aromatic nitrogens is 5. The van der Waals surface area contributed by atoms with Crippen molar-refractivity contribution in [3.8, 4) is 23.0 Å². The van der Waals surface area contributed by atoms with Crippen LogP contribution in [0.3, 0.4) is 0 Å². The zero-order valence-electron chi connectivity index (χ0n) is 17.9. The Morgan fingerprint density at radius 2 is 1.69 bits per heavy atom. The Balaban J connectivity index is 1.26. The minimum Gasteiger partial charge on any atom is -0.497 e. The summed E-state index contributed by atoms with van der Waals surface area (Å²) in [4.78, 5) is 4.52. The van der Waals surface area contributed by atoms with Crippen LogP contribution in [0.25, 0.3) is 11.5 Å². The van der Waals surface area contributed by atoms with E-state index in [0.717, 1.165) is 29.2 Å². The van der Waals surface area contributed by atoms with Gasteiger partial charge in [0, 0.05) is 6.42 Å². The zero-order valence-corrected chi connectivity index (χ0v) is 17.9. The van der Waals surface area contributed by atoms with Crippen molar-refractivity contribution in [3.63, 3.8) is 0 Å². The van der Waals surface area contributed by atoms with Gasteiger partial charge in [-0.2, -0.15) is 4.98 Å². The number of methoxy groups -OCH3 is 2. The summed E-state index contributed by atoms with van der Waals surface area (Å²) >= 11 is 0. The normalized spacial score (nSPS) is 15.4. The molecule has 164 valence electrons. The molecule has 3 heterocycles. The number of rotatable bonds is 7. The van der Waals surface area contributed by atoms with Crippen LogP contribution in [0.2, 0.25) is 0 Å². The average molecular weight is 433 g/mol. The molecular formula is C23H23N5O4. The van der Waals surface area contributed by atoms with Crippen molar-refractivity contribution in [2.75, 3.05) is 14.2 Å². The Bertz CT molecular complexity index is 1180. The monoisotopic (exact) mass is 433 g/mol. The van der Waals surface area contributed by atoms with E-state index in [0.29, 0.717) is 37.0 Å². The molecular weight excluding hydrogens is 410 g/mol. The molecule has 0 amide bonds. The van der Waals surface area contributed by atoms with E-state index in [-0.39, 0.29) is 6.10 Å². The van der Waals surface area contributed by atoms with Gasteiger partial charge in [0.05, 0.1) is 33.1 Å². The largest absolute Gasteiger partial charge is 0.497 e. The summed E-state index contributed by atoms with van der Waals surface area (Å²) in [5, 5.41) is 12.7. The molecule has 0 radical (unpaired) electrons. The molecule has 0 aliphatic carbocycles. The Morgan fingerprint density at radius 1 is 0.969 bits per heavy atom. The Hall–Kier alpha value is -3.72. The highest BCUT2D eigenvalue weighted by Crippen LogP contribution is 2.30. The van der Waals surface area contributed by atoms with Crippen molar-refractivity contribution in [2.24, 2.45) is 0 Å². The summed E-state index contributed by atoms with van der Waals surface area (Å²) in [6.45, 7) is 0.936. The lowest BCUT2D eigenvalue weighted by Crippen LogP contribution is -2.22. The van der Waals surface area contributed by atoms with E-state index >= 15 is 0 Å². The summed E-state index contributed by atoms with van der Waals surface area (Å²) < 4.78 is 23.8. The van der Waals surface area contributed by atoms with E-state index in [1.807, 2.05) is 53.2 Å². The van der Waals surface area contributed by atoms with Gasteiger partial charge in [-0.25, -0.2) is 4.68 Å². The molecule has 2 aromatic carbocycles. The molecule has 5 rings (SSSR count). The number of nitrogens with zero attached hydrogens (tertiary/aromatic N) is 5. The minimum atomic E-state index is -0.103. The van der Waals surface area contributed by atoms with Gasteiger partial charge in [-0.15, -0.1) is 5.10 Å². The lowest BCUT2D eigenvalue weighted by molar-refractivity contribution is -0.00114. The fraction of sp³-hybridized carbons (Fsp3) is 0.304. The van der Waals surface area contributed by atoms with Gasteiger partial charge in [0.15, 0.2) is 5.69 Å². The SMILES string of the molecule is COc1ccc(CCc2nc(-c3nnn4c3COC(c3ccc(OC)cc3)C4)no2)cc1. The molecule has 0 bridgehead atoms. The molecule has 2 aromatic heterocycles. The third kappa shape index (κ3) is 4.06. The summed E-state index contributed by atoms with van der Waals surface area (Å²) in [5.74, 6) is 2.64. The predicted octanol–water partition coefficient (Wildman–Crippen LogP) is 3.40. The highest BCUT2D eigenvalue weighted by atomic mass is 16.5. The lowest BCUT2D eigenvalue weighted by Gasteiger charge is -2.24. The summed E-state index contributed by atoms with van der Waals surface area (Å²) in [5.41, 5.74) is 3.67. The van der Waals surface area contributed by atoms with Gasteiger partial charge in [-0.1, -0.05) is 34.6 Å². The topological polar surface area (TPSA) is 97.3 Å². The van der Waals surface area contributed by atoms with Crippen molar-refractivity contribution in [3.05, 3.63) is 71.2 Å². The highest BCUT2D eigenvalue weighted by molar-refractivity contribution is 5.51. The second-order valence-electron chi connectivity index (χ2n) is 7.50. The molecule has 1 aliphatic heterocycles. The maximum Gasteiger partial charge on any atom is 0.227 e. The maximum absolute atomic E-state index is 6.08.